The van der Waals surface area contributed by atoms with Gasteiger partial charge in [0.05, 0.1) is 27.9 Å². The van der Waals surface area contributed by atoms with Crippen LogP contribution in [0.25, 0.3) is 11.1 Å². The van der Waals surface area contributed by atoms with Gasteiger partial charge in [-0.15, -0.1) is 0 Å². The first-order valence-corrected chi connectivity index (χ1v) is 9.74. The van der Waals surface area contributed by atoms with Crippen molar-refractivity contribution in [2.45, 2.75) is 6.10 Å². The van der Waals surface area contributed by atoms with Crippen LogP contribution in [0.4, 0.5) is 0 Å². The first-order chi connectivity index (χ1) is 14.5. The highest BCUT2D eigenvalue weighted by Crippen LogP contribution is 2.40. The van der Waals surface area contributed by atoms with Crippen molar-refractivity contribution < 1.29 is 28.8 Å². The van der Waals surface area contributed by atoms with E-state index in [1.54, 1.807) is 27.4 Å². The molecule has 3 rings (SSSR count). The van der Waals surface area contributed by atoms with Gasteiger partial charge < -0.3 is 29.4 Å². The predicted molar refractivity (Wildman–Crippen MR) is 112 cm³/mol. The Morgan fingerprint density at radius 2 is 1.90 bits per heavy atom. The zero-order valence-corrected chi connectivity index (χ0v) is 17.5. The Bertz CT molecular complexity index is 873. The molecule has 0 saturated carbocycles. The van der Waals surface area contributed by atoms with E-state index in [2.05, 4.69) is 5.32 Å². The summed E-state index contributed by atoms with van der Waals surface area (Å²) in [5, 5.41) is 13.1. The number of hydrogen-bond acceptors (Lipinski definition) is 7. The lowest BCUT2D eigenvalue weighted by atomic mass is 10.0. The van der Waals surface area contributed by atoms with Crippen molar-refractivity contribution in [3.63, 3.8) is 0 Å². The van der Waals surface area contributed by atoms with Crippen LogP contribution in [0, 0.1) is 0 Å². The number of aliphatic hydroxyl groups excluding tert-OH is 1. The van der Waals surface area contributed by atoms with Gasteiger partial charge in [0, 0.05) is 31.3 Å². The van der Waals surface area contributed by atoms with Gasteiger partial charge in [0.15, 0.2) is 11.5 Å². The van der Waals surface area contributed by atoms with Crippen molar-refractivity contribution in [1.82, 2.24) is 10.2 Å². The maximum absolute atomic E-state index is 11.5. The monoisotopic (exact) mass is 416 g/mol. The summed E-state index contributed by atoms with van der Waals surface area (Å²) in [4.78, 5) is 13.4. The first-order valence-electron chi connectivity index (χ1n) is 9.74. The minimum atomic E-state index is -0.725. The molecule has 30 heavy (non-hydrogen) atoms. The summed E-state index contributed by atoms with van der Waals surface area (Å²) >= 11 is 0. The van der Waals surface area contributed by atoms with Gasteiger partial charge in [0.25, 0.3) is 0 Å². The van der Waals surface area contributed by atoms with E-state index in [0.29, 0.717) is 42.6 Å². The van der Waals surface area contributed by atoms with Crippen LogP contribution < -0.4 is 24.3 Å². The summed E-state index contributed by atoms with van der Waals surface area (Å²) in [6.45, 7) is 2.06. The van der Waals surface area contributed by atoms with E-state index >= 15 is 0 Å². The Morgan fingerprint density at radius 3 is 2.60 bits per heavy atom. The lowest BCUT2D eigenvalue weighted by Crippen LogP contribution is -2.50. The highest BCUT2D eigenvalue weighted by Gasteiger charge is 2.19. The molecule has 1 fully saturated rings. The molecule has 1 heterocycles. The lowest BCUT2D eigenvalue weighted by molar-refractivity contribution is -0.124. The molecule has 0 spiro atoms. The third-order valence-electron chi connectivity index (χ3n) is 4.86. The SMILES string of the molecule is COc1cc(OCC(O)CN2CCNC(=O)C2)cc(-c2cccc(OC)c2OC)c1. The number of benzene rings is 2. The molecule has 8 nitrogen and oxygen atoms in total. The minimum Gasteiger partial charge on any atom is -0.497 e. The molecule has 0 radical (unpaired) electrons. The van der Waals surface area contributed by atoms with Crippen LogP contribution in [0.2, 0.25) is 0 Å². The fraction of sp³-hybridized carbons (Fsp3) is 0.409. The number of para-hydroxylation sites is 1. The molecule has 1 unspecified atom stereocenters. The third-order valence-corrected chi connectivity index (χ3v) is 4.86. The summed E-state index contributed by atoms with van der Waals surface area (Å²) in [6.07, 6.45) is -0.725. The van der Waals surface area contributed by atoms with E-state index in [0.717, 1.165) is 11.1 Å². The zero-order valence-electron chi connectivity index (χ0n) is 17.5. The second-order valence-corrected chi connectivity index (χ2v) is 6.99. The molecular weight excluding hydrogens is 388 g/mol. The Morgan fingerprint density at radius 1 is 1.10 bits per heavy atom. The number of methoxy groups -OCH3 is 3. The normalized spacial score (nSPS) is 15.3. The van der Waals surface area contributed by atoms with Gasteiger partial charge in [0.1, 0.15) is 24.2 Å². The van der Waals surface area contributed by atoms with E-state index in [1.165, 1.54) is 0 Å². The van der Waals surface area contributed by atoms with Gasteiger partial charge >= 0.3 is 0 Å². The Balaban J connectivity index is 1.74. The van der Waals surface area contributed by atoms with Gasteiger partial charge in [-0.25, -0.2) is 0 Å². The Labute approximate surface area is 176 Å². The fourth-order valence-corrected chi connectivity index (χ4v) is 3.43. The van der Waals surface area contributed by atoms with Crippen LogP contribution in [0.3, 0.4) is 0 Å². The van der Waals surface area contributed by atoms with Gasteiger partial charge in [0.2, 0.25) is 5.91 Å². The largest absolute Gasteiger partial charge is 0.497 e. The van der Waals surface area contributed by atoms with Crippen molar-refractivity contribution in [3.05, 3.63) is 36.4 Å². The van der Waals surface area contributed by atoms with E-state index in [1.807, 2.05) is 35.2 Å². The molecule has 2 N–H and O–H groups in total. The van der Waals surface area contributed by atoms with Crippen molar-refractivity contribution in [2.75, 3.05) is 54.1 Å². The lowest BCUT2D eigenvalue weighted by Gasteiger charge is -2.28. The van der Waals surface area contributed by atoms with Gasteiger partial charge in [-0.05, 0) is 23.8 Å². The van der Waals surface area contributed by atoms with Gasteiger partial charge in [-0.1, -0.05) is 12.1 Å². The number of aliphatic hydroxyl groups is 1. The molecule has 0 aliphatic carbocycles. The number of β-amino-alcohol motifs (C(OH)–C–C–N with tert-alkyl or cyclic N) is 1. The third kappa shape index (κ3) is 5.34. The quantitative estimate of drug-likeness (QED) is 0.641. The molecule has 0 bridgehead atoms. The van der Waals surface area contributed by atoms with Crippen LogP contribution in [0.1, 0.15) is 0 Å². The number of piperazine rings is 1. The highest BCUT2D eigenvalue weighted by molar-refractivity contribution is 5.78. The van der Waals surface area contributed by atoms with E-state index in [-0.39, 0.29) is 19.1 Å². The van der Waals surface area contributed by atoms with Gasteiger partial charge in [-0.3, -0.25) is 9.69 Å². The number of nitrogens with zero attached hydrogens (tertiary/aromatic N) is 1. The van der Waals surface area contributed by atoms with Gasteiger partial charge in [-0.2, -0.15) is 0 Å². The van der Waals surface area contributed by atoms with E-state index < -0.39 is 6.10 Å². The number of carbonyl (C=O) groups is 1. The summed E-state index contributed by atoms with van der Waals surface area (Å²) in [7, 11) is 4.77. The van der Waals surface area contributed by atoms with Crippen molar-refractivity contribution in [1.29, 1.82) is 0 Å². The van der Waals surface area contributed by atoms with Crippen molar-refractivity contribution in [3.8, 4) is 34.1 Å². The van der Waals surface area contributed by atoms with Crippen LogP contribution in [-0.4, -0.2) is 76.1 Å². The number of carbonyl (C=O) groups excluding carboxylic acids is 1. The number of hydrogen-bond donors (Lipinski definition) is 2. The topological polar surface area (TPSA) is 89.5 Å². The highest BCUT2D eigenvalue weighted by atomic mass is 16.5. The minimum absolute atomic E-state index is 0.0287. The smallest absolute Gasteiger partial charge is 0.234 e. The molecular formula is C22H28N2O6. The standard InChI is InChI=1S/C22H28N2O6/c1-27-17-9-15(19-5-4-6-20(28-2)22(19)29-3)10-18(11-17)30-14-16(25)12-24-8-7-23-21(26)13-24/h4-6,9-11,16,25H,7-8,12-14H2,1-3H3,(H,23,26). The number of amides is 1. The first kappa shape index (κ1) is 21.7. The fourth-order valence-electron chi connectivity index (χ4n) is 3.43. The van der Waals surface area contributed by atoms with Crippen LogP contribution in [0.15, 0.2) is 36.4 Å². The van der Waals surface area contributed by atoms with Crippen LogP contribution in [-0.2, 0) is 4.79 Å². The molecule has 162 valence electrons. The van der Waals surface area contributed by atoms with E-state index in [9.17, 15) is 9.90 Å². The molecule has 2 aromatic rings. The zero-order chi connectivity index (χ0) is 21.5. The molecule has 1 amide bonds. The molecule has 8 heteroatoms. The van der Waals surface area contributed by atoms with Crippen molar-refractivity contribution >= 4 is 5.91 Å². The average Bonchev–Trinajstić information content (AvgIpc) is 2.76. The number of nitrogens with one attached hydrogen (secondary N) is 1. The second kappa shape index (κ2) is 10.2. The summed E-state index contributed by atoms with van der Waals surface area (Å²) < 4.78 is 22.2. The number of ether oxygens (including phenoxy) is 4. The van der Waals surface area contributed by atoms with Crippen molar-refractivity contribution in [2.24, 2.45) is 0 Å². The molecule has 1 aliphatic heterocycles. The molecule has 1 atom stereocenters. The Kier molecular flexibility index (Phi) is 7.37. The molecule has 0 aromatic heterocycles. The summed E-state index contributed by atoms with van der Waals surface area (Å²) in [6, 6.07) is 11.1. The maximum atomic E-state index is 11.5. The second-order valence-electron chi connectivity index (χ2n) is 6.99. The predicted octanol–water partition coefficient (Wildman–Crippen LogP) is 1.55. The summed E-state index contributed by atoms with van der Waals surface area (Å²) in [5.41, 5.74) is 1.67. The molecule has 1 aliphatic rings. The van der Waals surface area contributed by atoms with E-state index in [4.69, 9.17) is 18.9 Å². The summed E-state index contributed by atoms with van der Waals surface area (Å²) in [5.74, 6) is 2.39. The Hall–Kier alpha value is -2.97. The molecule has 1 saturated heterocycles. The molecule has 2 aromatic carbocycles. The maximum Gasteiger partial charge on any atom is 0.234 e. The number of rotatable bonds is 9. The van der Waals surface area contributed by atoms with Crippen LogP contribution >= 0.6 is 0 Å². The van der Waals surface area contributed by atoms with Crippen LogP contribution in [0.5, 0.6) is 23.0 Å². The average molecular weight is 416 g/mol.